The van der Waals surface area contributed by atoms with Gasteiger partial charge in [0.15, 0.2) is 0 Å². The molecule has 0 bridgehead atoms. The van der Waals surface area contributed by atoms with Crippen molar-refractivity contribution in [3.05, 3.63) is 35.4 Å². The van der Waals surface area contributed by atoms with E-state index < -0.39 is 0 Å². The molecule has 0 amide bonds. The highest BCUT2D eigenvalue weighted by Crippen LogP contribution is 2.62. The molecule has 0 heterocycles. The molecule has 0 aromatic heterocycles. The van der Waals surface area contributed by atoms with Crippen LogP contribution in [0.1, 0.15) is 56.1 Å². The van der Waals surface area contributed by atoms with E-state index in [0.717, 1.165) is 35.6 Å². The van der Waals surface area contributed by atoms with Gasteiger partial charge in [-0.2, -0.15) is 0 Å². The third-order valence-electron chi connectivity index (χ3n) is 6.62. The molecule has 4 rings (SSSR count). The Labute approximate surface area is 129 Å². The quantitative estimate of drug-likeness (QED) is 0.868. The van der Waals surface area contributed by atoms with Crippen LogP contribution in [0.3, 0.4) is 0 Å². The van der Waals surface area contributed by atoms with Gasteiger partial charge in [0.25, 0.3) is 0 Å². The lowest BCUT2D eigenvalue weighted by Gasteiger charge is -2.34. The molecular weight excluding hydrogens is 254 g/mol. The summed E-state index contributed by atoms with van der Waals surface area (Å²) >= 11 is 0. The van der Waals surface area contributed by atoms with Gasteiger partial charge in [0.1, 0.15) is 0 Å². The first-order valence-corrected chi connectivity index (χ1v) is 9.04. The van der Waals surface area contributed by atoms with Gasteiger partial charge in [-0.3, -0.25) is 0 Å². The molecule has 0 aliphatic heterocycles. The molecule has 6 atom stereocenters. The molecule has 1 aromatic rings. The van der Waals surface area contributed by atoms with E-state index in [-0.39, 0.29) is 0 Å². The molecule has 114 valence electrons. The monoisotopic (exact) mass is 283 g/mol. The van der Waals surface area contributed by atoms with E-state index in [2.05, 4.69) is 43.6 Å². The molecule has 3 aliphatic rings. The van der Waals surface area contributed by atoms with Gasteiger partial charge < -0.3 is 5.32 Å². The second kappa shape index (κ2) is 5.43. The summed E-state index contributed by atoms with van der Waals surface area (Å²) in [5, 5.41) is 3.74. The molecule has 0 spiro atoms. The van der Waals surface area contributed by atoms with E-state index in [9.17, 15) is 0 Å². The summed E-state index contributed by atoms with van der Waals surface area (Å²) in [5.74, 6) is 4.60. The van der Waals surface area contributed by atoms with Crippen molar-refractivity contribution in [1.29, 1.82) is 0 Å². The van der Waals surface area contributed by atoms with Crippen LogP contribution in [-0.4, -0.2) is 13.1 Å². The van der Waals surface area contributed by atoms with Crippen LogP contribution in [0.2, 0.25) is 0 Å². The van der Waals surface area contributed by atoms with Gasteiger partial charge in [-0.05, 0) is 73.4 Å². The lowest BCUT2D eigenvalue weighted by molar-refractivity contribution is 0.208. The second-order valence-electron chi connectivity index (χ2n) is 7.85. The Hall–Kier alpha value is -0.820. The fourth-order valence-corrected chi connectivity index (χ4v) is 5.66. The molecule has 1 heteroatoms. The fraction of sp³-hybridized carbons (Fsp3) is 0.700. The summed E-state index contributed by atoms with van der Waals surface area (Å²) in [6, 6.07) is 9.98. The molecule has 0 radical (unpaired) electrons. The maximum Gasteiger partial charge on any atom is 0.0129 e. The summed E-state index contributed by atoms with van der Waals surface area (Å²) in [7, 11) is 2.21. The predicted octanol–water partition coefficient (Wildman–Crippen LogP) is 4.38. The van der Waals surface area contributed by atoms with Crippen LogP contribution in [0.25, 0.3) is 0 Å². The Morgan fingerprint density at radius 2 is 2.00 bits per heavy atom. The molecule has 1 nitrogen and oxygen atoms in total. The van der Waals surface area contributed by atoms with Crippen LogP contribution in [-0.2, 0) is 6.42 Å². The average Bonchev–Trinajstić information content (AvgIpc) is 3.23. The van der Waals surface area contributed by atoms with E-state index in [1.165, 1.54) is 38.5 Å². The largest absolute Gasteiger partial charge is 0.316 e. The van der Waals surface area contributed by atoms with Crippen LogP contribution in [0.15, 0.2) is 24.3 Å². The molecule has 3 aliphatic carbocycles. The van der Waals surface area contributed by atoms with Crippen molar-refractivity contribution in [3.63, 3.8) is 0 Å². The second-order valence-corrected chi connectivity index (χ2v) is 7.85. The minimum atomic E-state index is 0.758. The normalized spacial score (nSPS) is 39.2. The van der Waals surface area contributed by atoms with Gasteiger partial charge in [0.05, 0.1) is 0 Å². The topological polar surface area (TPSA) is 12.0 Å². The zero-order valence-corrected chi connectivity index (χ0v) is 13.5. The number of benzene rings is 1. The van der Waals surface area contributed by atoms with Crippen LogP contribution in [0.5, 0.6) is 0 Å². The minimum absolute atomic E-state index is 0.758. The van der Waals surface area contributed by atoms with Crippen LogP contribution < -0.4 is 5.32 Å². The number of hydrogen-bond acceptors (Lipinski definition) is 1. The average molecular weight is 283 g/mol. The van der Waals surface area contributed by atoms with Crippen molar-refractivity contribution in [1.82, 2.24) is 5.32 Å². The number of fused-ring (bicyclic) bond motifs is 3. The Morgan fingerprint density at radius 3 is 2.81 bits per heavy atom. The lowest BCUT2D eigenvalue weighted by atomic mass is 9.76. The van der Waals surface area contributed by atoms with Gasteiger partial charge in [0, 0.05) is 6.04 Å². The summed E-state index contributed by atoms with van der Waals surface area (Å²) in [6.07, 6.45) is 8.53. The first-order valence-electron chi connectivity index (χ1n) is 9.04. The first kappa shape index (κ1) is 13.8. The Balaban J connectivity index is 1.54. The summed E-state index contributed by atoms with van der Waals surface area (Å²) in [5.41, 5.74) is 3.32. The third kappa shape index (κ3) is 2.34. The van der Waals surface area contributed by atoms with Crippen molar-refractivity contribution in [2.24, 2.45) is 23.7 Å². The minimum Gasteiger partial charge on any atom is -0.316 e. The molecule has 2 fully saturated rings. The van der Waals surface area contributed by atoms with Crippen molar-refractivity contribution in [2.75, 3.05) is 7.05 Å². The Kier molecular flexibility index (Phi) is 3.57. The maximum absolute atomic E-state index is 3.74. The van der Waals surface area contributed by atoms with Gasteiger partial charge in [-0.15, -0.1) is 0 Å². The number of rotatable bonds is 3. The van der Waals surface area contributed by atoms with Crippen molar-refractivity contribution >= 4 is 0 Å². The zero-order chi connectivity index (χ0) is 14.4. The van der Waals surface area contributed by atoms with E-state index in [1.807, 2.05) is 0 Å². The van der Waals surface area contributed by atoms with Crippen molar-refractivity contribution < 1.29 is 0 Å². The van der Waals surface area contributed by atoms with E-state index >= 15 is 0 Å². The molecule has 1 aromatic carbocycles. The Morgan fingerprint density at radius 1 is 1.14 bits per heavy atom. The predicted molar refractivity (Wildman–Crippen MR) is 88.5 cm³/mol. The highest BCUT2D eigenvalue weighted by Gasteiger charge is 2.57. The van der Waals surface area contributed by atoms with Gasteiger partial charge in [0.2, 0.25) is 0 Å². The van der Waals surface area contributed by atoms with Gasteiger partial charge in [-0.1, -0.05) is 44.0 Å². The number of aryl methyl sites for hydroxylation is 1. The zero-order valence-electron chi connectivity index (χ0n) is 13.5. The molecular formula is C20H29N. The van der Waals surface area contributed by atoms with Crippen LogP contribution >= 0.6 is 0 Å². The number of hydrogen-bond donors (Lipinski definition) is 1. The van der Waals surface area contributed by atoms with E-state index in [0.29, 0.717) is 0 Å². The molecule has 21 heavy (non-hydrogen) atoms. The Bertz CT molecular complexity index is 508. The van der Waals surface area contributed by atoms with Crippen LogP contribution in [0.4, 0.5) is 0 Å². The summed E-state index contributed by atoms with van der Waals surface area (Å²) in [6.45, 7) is 2.45. The first-order chi connectivity index (χ1) is 10.3. The standard InChI is InChI=1S/C20H29N/c1-13-6-5-8-15(12-13)20(21-2)19-17-11-10-14-7-3-4-9-16(14)18(17)19/h3-4,7,9,13,15,17-21H,5-6,8,10-12H2,1-2H3. The SMILES string of the molecule is CNC(C1CCCC(C)C1)C1C2CCc3ccccc3C21. The fourth-order valence-electron chi connectivity index (χ4n) is 5.66. The van der Waals surface area contributed by atoms with Crippen LogP contribution in [0, 0.1) is 23.7 Å². The summed E-state index contributed by atoms with van der Waals surface area (Å²) < 4.78 is 0. The van der Waals surface area contributed by atoms with Gasteiger partial charge in [-0.25, -0.2) is 0 Å². The molecule has 6 unspecified atom stereocenters. The maximum atomic E-state index is 3.74. The highest BCUT2D eigenvalue weighted by molar-refractivity contribution is 5.40. The smallest absolute Gasteiger partial charge is 0.0129 e. The number of nitrogens with one attached hydrogen (secondary N) is 1. The van der Waals surface area contributed by atoms with Crippen molar-refractivity contribution in [2.45, 2.75) is 57.4 Å². The molecule has 1 N–H and O–H groups in total. The molecule has 0 saturated heterocycles. The molecule has 2 saturated carbocycles. The third-order valence-corrected chi connectivity index (χ3v) is 6.62. The van der Waals surface area contributed by atoms with Gasteiger partial charge >= 0.3 is 0 Å². The van der Waals surface area contributed by atoms with Crippen molar-refractivity contribution in [3.8, 4) is 0 Å². The highest BCUT2D eigenvalue weighted by atomic mass is 14.9. The van der Waals surface area contributed by atoms with E-state index in [1.54, 1.807) is 11.1 Å². The summed E-state index contributed by atoms with van der Waals surface area (Å²) in [4.78, 5) is 0. The van der Waals surface area contributed by atoms with E-state index in [4.69, 9.17) is 0 Å². The lowest BCUT2D eigenvalue weighted by Crippen LogP contribution is -2.38.